The lowest BCUT2D eigenvalue weighted by Crippen LogP contribution is -2.28. The first-order valence-electron chi connectivity index (χ1n) is 10.4. The molecule has 0 radical (unpaired) electrons. The van der Waals surface area contributed by atoms with Crippen LogP contribution in [0.2, 0.25) is 0 Å². The van der Waals surface area contributed by atoms with Crippen molar-refractivity contribution in [2.45, 2.75) is 37.8 Å². The Bertz CT molecular complexity index is 1130. The number of fused-ring (bicyclic) bond motifs is 1. The number of aliphatic hydroxyl groups is 1. The van der Waals surface area contributed by atoms with E-state index in [-0.39, 0.29) is 6.10 Å². The molecule has 2 heterocycles. The van der Waals surface area contributed by atoms with E-state index in [1.807, 2.05) is 71.4 Å². The number of rotatable bonds is 5. The molecule has 30 heavy (non-hydrogen) atoms. The molecule has 0 saturated heterocycles. The third-order valence-corrected chi connectivity index (χ3v) is 5.60. The number of anilines is 1. The van der Waals surface area contributed by atoms with E-state index in [0.717, 1.165) is 59.9 Å². The molecule has 0 aliphatic heterocycles. The second-order valence-electron chi connectivity index (χ2n) is 7.67. The number of aromatic nitrogens is 3. The summed E-state index contributed by atoms with van der Waals surface area (Å²) in [6.07, 6.45) is 8.92. The standard InChI is InChI=1S/C24H24N4O2/c29-18-12-10-17(11-13-18)27-23-24-26-16-21(28(24)15-14-25-23)20-8-4-5-9-22(20)30-19-6-2-1-3-7-19/h1-9,14-18,29H,10-13H2,(H,25,27). The summed E-state index contributed by atoms with van der Waals surface area (Å²) < 4.78 is 8.19. The molecule has 4 aromatic rings. The highest BCUT2D eigenvalue weighted by Crippen LogP contribution is 2.34. The van der Waals surface area contributed by atoms with Gasteiger partial charge in [-0.05, 0) is 49.9 Å². The van der Waals surface area contributed by atoms with Gasteiger partial charge in [-0.1, -0.05) is 30.3 Å². The Morgan fingerprint density at radius 2 is 1.70 bits per heavy atom. The Kier molecular flexibility index (Phi) is 5.07. The number of imidazole rings is 1. The maximum Gasteiger partial charge on any atom is 0.180 e. The van der Waals surface area contributed by atoms with Gasteiger partial charge in [0.15, 0.2) is 11.5 Å². The quantitative estimate of drug-likeness (QED) is 0.498. The molecule has 1 fully saturated rings. The van der Waals surface area contributed by atoms with Crippen LogP contribution in [0, 0.1) is 0 Å². The number of benzene rings is 2. The van der Waals surface area contributed by atoms with Crippen LogP contribution >= 0.6 is 0 Å². The monoisotopic (exact) mass is 400 g/mol. The maximum absolute atomic E-state index is 9.75. The number of nitrogens with one attached hydrogen (secondary N) is 1. The average Bonchev–Trinajstić information content (AvgIpc) is 3.21. The van der Waals surface area contributed by atoms with E-state index >= 15 is 0 Å². The van der Waals surface area contributed by atoms with E-state index in [0.29, 0.717) is 6.04 Å². The number of hydrogen-bond donors (Lipinski definition) is 2. The lowest BCUT2D eigenvalue weighted by Gasteiger charge is -2.26. The van der Waals surface area contributed by atoms with Crippen LogP contribution in [0.1, 0.15) is 25.7 Å². The summed E-state index contributed by atoms with van der Waals surface area (Å²) in [4.78, 5) is 9.19. The summed E-state index contributed by atoms with van der Waals surface area (Å²) >= 11 is 0. The van der Waals surface area contributed by atoms with Crippen LogP contribution in [-0.4, -0.2) is 31.6 Å². The highest BCUT2D eigenvalue weighted by atomic mass is 16.5. The Morgan fingerprint density at radius 3 is 2.53 bits per heavy atom. The van der Waals surface area contributed by atoms with Gasteiger partial charge in [-0.25, -0.2) is 9.97 Å². The topological polar surface area (TPSA) is 71.7 Å². The maximum atomic E-state index is 9.75. The molecular weight excluding hydrogens is 376 g/mol. The van der Waals surface area contributed by atoms with Crippen LogP contribution in [-0.2, 0) is 0 Å². The summed E-state index contributed by atoms with van der Waals surface area (Å²) in [6.45, 7) is 0. The molecule has 2 aromatic heterocycles. The van der Waals surface area contributed by atoms with Gasteiger partial charge in [0.1, 0.15) is 11.5 Å². The van der Waals surface area contributed by atoms with Gasteiger partial charge in [0.25, 0.3) is 0 Å². The van der Waals surface area contributed by atoms with Gasteiger partial charge in [-0.3, -0.25) is 4.40 Å². The molecule has 0 unspecified atom stereocenters. The molecule has 6 nitrogen and oxygen atoms in total. The van der Waals surface area contributed by atoms with Crippen LogP contribution < -0.4 is 10.1 Å². The van der Waals surface area contributed by atoms with Crippen molar-refractivity contribution in [1.82, 2.24) is 14.4 Å². The molecule has 2 aromatic carbocycles. The van der Waals surface area contributed by atoms with E-state index in [9.17, 15) is 5.11 Å². The number of para-hydroxylation sites is 2. The molecule has 152 valence electrons. The first kappa shape index (κ1) is 18.6. The van der Waals surface area contributed by atoms with Gasteiger partial charge >= 0.3 is 0 Å². The molecular formula is C24H24N4O2. The predicted octanol–water partition coefficient (Wildman–Crippen LogP) is 4.90. The largest absolute Gasteiger partial charge is 0.457 e. The second kappa shape index (κ2) is 8.16. The minimum Gasteiger partial charge on any atom is -0.457 e. The van der Waals surface area contributed by atoms with Crippen LogP contribution in [0.4, 0.5) is 5.82 Å². The molecule has 6 heteroatoms. The van der Waals surface area contributed by atoms with Gasteiger partial charge < -0.3 is 15.2 Å². The van der Waals surface area contributed by atoms with E-state index in [2.05, 4.69) is 15.3 Å². The Labute approximate surface area is 175 Å². The highest BCUT2D eigenvalue weighted by molar-refractivity contribution is 5.74. The molecule has 2 N–H and O–H groups in total. The first-order chi connectivity index (χ1) is 14.8. The predicted molar refractivity (Wildman–Crippen MR) is 117 cm³/mol. The minimum absolute atomic E-state index is 0.175. The van der Waals surface area contributed by atoms with E-state index in [1.165, 1.54) is 0 Å². The number of aliphatic hydroxyl groups excluding tert-OH is 1. The second-order valence-corrected chi connectivity index (χ2v) is 7.67. The summed E-state index contributed by atoms with van der Waals surface area (Å²) in [5.74, 6) is 2.34. The fourth-order valence-corrected chi connectivity index (χ4v) is 4.02. The van der Waals surface area contributed by atoms with Crippen molar-refractivity contribution in [3.63, 3.8) is 0 Å². The smallest absolute Gasteiger partial charge is 0.180 e. The third-order valence-electron chi connectivity index (χ3n) is 5.60. The number of nitrogens with zero attached hydrogens (tertiary/aromatic N) is 3. The van der Waals surface area contributed by atoms with Gasteiger partial charge in [-0.15, -0.1) is 0 Å². The zero-order chi connectivity index (χ0) is 20.3. The normalized spacial score (nSPS) is 19.0. The van der Waals surface area contributed by atoms with Crippen LogP contribution in [0.15, 0.2) is 73.2 Å². The molecule has 1 saturated carbocycles. The van der Waals surface area contributed by atoms with E-state index in [4.69, 9.17) is 4.74 Å². The zero-order valence-corrected chi connectivity index (χ0v) is 16.6. The van der Waals surface area contributed by atoms with Gasteiger partial charge in [-0.2, -0.15) is 0 Å². The Balaban J connectivity index is 1.48. The van der Waals surface area contributed by atoms with Crippen molar-refractivity contribution < 1.29 is 9.84 Å². The third kappa shape index (κ3) is 3.74. The summed E-state index contributed by atoms with van der Waals surface area (Å²) in [7, 11) is 0. The Hall–Kier alpha value is -3.38. The van der Waals surface area contributed by atoms with Crippen molar-refractivity contribution in [3.05, 3.63) is 73.2 Å². The van der Waals surface area contributed by atoms with Crippen LogP contribution in [0.25, 0.3) is 16.9 Å². The molecule has 0 bridgehead atoms. The van der Waals surface area contributed by atoms with Crippen LogP contribution in [0.5, 0.6) is 11.5 Å². The van der Waals surface area contributed by atoms with Crippen LogP contribution in [0.3, 0.4) is 0 Å². The Morgan fingerprint density at radius 1 is 0.933 bits per heavy atom. The van der Waals surface area contributed by atoms with Crippen molar-refractivity contribution in [2.24, 2.45) is 0 Å². The van der Waals surface area contributed by atoms with Gasteiger partial charge in [0, 0.05) is 24.0 Å². The minimum atomic E-state index is -0.175. The summed E-state index contributed by atoms with van der Waals surface area (Å²) in [5, 5.41) is 13.3. The first-order valence-corrected chi connectivity index (χ1v) is 10.4. The van der Waals surface area contributed by atoms with Crippen molar-refractivity contribution in [2.75, 3.05) is 5.32 Å². The summed E-state index contributed by atoms with van der Waals surface area (Å²) in [6, 6.07) is 18.1. The number of ether oxygens (including phenoxy) is 1. The van der Waals surface area contributed by atoms with Crippen molar-refractivity contribution in [3.8, 4) is 22.8 Å². The van der Waals surface area contributed by atoms with Crippen molar-refractivity contribution in [1.29, 1.82) is 0 Å². The highest BCUT2D eigenvalue weighted by Gasteiger charge is 2.21. The number of hydrogen-bond acceptors (Lipinski definition) is 5. The average molecular weight is 400 g/mol. The lowest BCUT2D eigenvalue weighted by molar-refractivity contribution is 0.126. The summed E-state index contributed by atoms with van der Waals surface area (Å²) in [5.41, 5.74) is 2.70. The van der Waals surface area contributed by atoms with E-state index in [1.54, 1.807) is 6.20 Å². The molecule has 1 aliphatic rings. The molecule has 0 amide bonds. The zero-order valence-electron chi connectivity index (χ0n) is 16.6. The van der Waals surface area contributed by atoms with Crippen molar-refractivity contribution >= 4 is 11.5 Å². The molecule has 0 spiro atoms. The molecule has 5 rings (SSSR count). The van der Waals surface area contributed by atoms with Gasteiger partial charge in [0.2, 0.25) is 0 Å². The SMILES string of the molecule is OC1CCC(Nc2nccn3c(-c4ccccc4Oc4ccccc4)cnc23)CC1. The molecule has 0 atom stereocenters. The fourth-order valence-electron chi connectivity index (χ4n) is 4.02. The fraction of sp³-hybridized carbons (Fsp3) is 0.250. The lowest BCUT2D eigenvalue weighted by atomic mass is 9.93. The van der Waals surface area contributed by atoms with Gasteiger partial charge in [0.05, 0.1) is 18.0 Å². The van der Waals surface area contributed by atoms with E-state index < -0.39 is 0 Å². The molecule has 1 aliphatic carbocycles.